The lowest BCUT2D eigenvalue weighted by atomic mass is 10.1. The van der Waals surface area contributed by atoms with E-state index in [4.69, 9.17) is 0 Å². The summed E-state index contributed by atoms with van der Waals surface area (Å²) in [6.45, 7) is 0. The van der Waals surface area contributed by atoms with Gasteiger partial charge in [0, 0.05) is 15.4 Å². The van der Waals surface area contributed by atoms with Crippen LogP contribution >= 0.6 is 11.8 Å². The average Bonchev–Trinajstić information content (AvgIpc) is 3.02. The smallest absolute Gasteiger partial charge is 0.0601 e. The minimum Gasteiger partial charge on any atom is -0.308 e. The number of fused-ring (bicyclic) bond motifs is 5. The Labute approximate surface area is 145 Å². The van der Waals surface area contributed by atoms with Gasteiger partial charge in [0.25, 0.3) is 0 Å². The van der Waals surface area contributed by atoms with Crippen molar-refractivity contribution in [2.45, 2.75) is 9.79 Å². The minimum atomic E-state index is 1.23. The highest BCUT2D eigenvalue weighted by Gasteiger charge is 2.21. The lowest BCUT2D eigenvalue weighted by Gasteiger charge is -2.14. The zero-order valence-corrected chi connectivity index (χ0v) is 13.8. The second-order valence-corrected chi connectivity index (χ2v) is 6.95. The number of hydrogen-bond acceptors (Lipinski definition) is 1. The van der Waals surface area contributed by atoms with Crippen molar-refractivity contribution in [1.82, 2.24) is 4.57 Å². The van der Waals surface area contributed by atoms with Gasteiger partial charge in [0.15, 0.2) is 0 Å². The predicted molar refractivity (Wildman–Crippen MR) is 101 cm³/mol. The van der Waals surface area contributed by atoms with E-state index in [0.29, 0.717) is 0 Å². The highest BCUT2D eigenvalue weighted by atomic mass is 32.2. The molecular weight excluding hydrogens is 310 g/mol. The molecule has 0 unspecified atom stereocenters. The van der Waals surface area contributed by atoms with Gasteiger partial charge >= 0.3 is 0 Å². The molecule has 3 aromatic carbocycles. The fraction of sp³-hybridized carbons (Fsp3) is 0. The van der Waals surface area contributed by atoms with Crippen LogP contribution < -0.4 is 0 Å². The van der Waals surface area contributed by atoms with Crippen molar-refractivity contribution in [3.63, 3.8) is 0 Å². The third kappa shape index (κ3) is 2.04. The first-order valence-electron chi connectivity index (χ1n) is 8.06. The molecule has 1 aromatic heterocycles. The van der Waals surface area contributed by atoms with Gasteiger partial charge in [-0.1, -0.05) is 72.4 Å². The second-order valence-electron chi connectivity index (χ2n) is 5.87. The van der Waals surface area contributed by atoms with Crippen LogP contribution in [0.3, 0.4) is 0 Å². The molecule has 0 radical (unpaired) electrons. The Kier molecular flexibility index (Phi) is 3.10. The van der Waals surface area contributed by atoms with Gasteiger partial charge in [-0.05, 0) is 35.9 Å². The Balaban J connectivity index is 1.88. The summed E-state index contributed by atoms with van der Waals surface area (Å²) >= 11 is 1.85. The molecule has 0 amide bonds. The van der Waals surface area contributed by atoms with Crippen LogP contribution in [0, 0.1) is 0 Å². The first-order valence-corrected chi connectivity index (χ1v) is 8.87. The summed E-state index contributed by atoms with van der Waals surface area (Å²) in [6.07, 6.45) is 0. The van der Waals surface area contributed by atoms with Crippen LogP contribution in [-0.4, -0.2) is 4.57 Å². The normalized spacial score (nSPS) is 12.0. The Hall–Kier alpha value is -2.71. The Morgan fingerprint density at radius 2 is 1.21 bits per heavy atom. The standard InChI is InChI=1S/C22H15NS/c1-2-8-16(9-3-1)18-14-15-19-17-10-4-6-12-21(17)24-22-13-7-5-11-20(22)23(18)19/h1-15H. The maximum Gasteiger partial charge on any atom is 0.0601 e. The third-order valence-electron chi connectivity index (χ3n) is 4.44. The Morgan fingerprint density at radius 1 is 0.542 bits per heavy atom. The van der Waals surface area contributed by atoms with E-state index in [-0.39, 0.29) is 0 Å². The monoisotopic (exact) mass is 325 g/mol. The molecule has 0 saturated carbocycles. The molecule has 0 fully saturated rings. The highest BCUT2D eigenvalue weighted by Crippen LogP contribution is 2.45. The summed E-state index contributed by atoms with van der Waals surface area (Å²) in [5.41, 5.74) is 6.26. The number of hydrogen-bond donors (Lipinski definition) is 0. The Bertz CT molecular complexity index is 1030. The molecule has 2 heterocycles. The Morgan fingerprint density at radius 3 is 2.08 bits per heavy atom. The van der Waals surface area contributed by atoms with Crippen LogP contribution in [0.5, 0.6) is 0 Å². The van der Waals surface area contributed by atoms with E-state index in [1.165, 1.54) is 38.0 Å². The molecule has 0 atom stereocenters. The van der Waals surface area contributed by atoms with Crippen LogP contribution in [0.1, 0.15) is 0 Å². The maximum absolute atomic E-state index is 2.39. The summed E-state index contributed by atoms with van der Waals surface area (Å²) in [5, 5.41) is 0. The third-order valence-corrected chi connectivity index (χ3v) is 5.58. The molecule has 114 valence electrons. The van der Waals surface area contributed by atoms with Gasteiger partial charge in [0.1, 0.15) is 0 Å². The summed E-state index contributed by atoms with van der Waals surface area (Å²) in [6, 6.07) is 32.4. The van der Waals surface area contributed by atoms with E-state index in [0.717, 1.165) is 0 Å². The van der Waals surface area contributed by atoms with Gasteiger partial charge in [-0.3, -0.25) is 0 Å². The first kappa shape index (κ1) is 13.7. The van der Waals surface area contributed by atoms with Crippen LogP contribution in [-0.2, 0) is 0 Å². The quantitative estimate of drug-likeness (QED) is 0.351. The van der Waals surface area contributed by atoms with Crippen LogP contribution in [0.2, 0.25) is 0 Å². The topological polar surface area (TPSA) is 4.93 Å². The van der Waals surface area contributed by atoms with Crippen molar-refractivity contribution >= 4 is 11.8 Å². The van der Waals surface area contributed by atoms with E-state index < -0.39 is 0 Å². The largest absolute Gasteiger partial charge is 0.308 e. The van der Waals surface area contributed by atoms with Crippen LogP contribution in [0.25, 0.3) is 28.2 Å². The molecule has 0 spiro atoms. The molecule has 24 heavy (non-hydrogen) atoms. The molecule has 0 N–H and O–H groups in total. The van der Waals surface area contributed by atoms with Crippen LogP contribution in [0.15, 0.2) is 101 Å². The number of para-hydroxylation sites is 1. The summed E-state index contributed by atoms with van der Waals surface area (Å²) < 4.78 is 2.39. The van der Waals surface area contributed by atoms with Gasteiger partial charge in [0.2, 0.25) is 0 Å². The number of aromatic nitrogens is 1. The minimum absolute atomic E-state index is 1.23. The second kappa shape index (κ2) is 5.43. The van der Waals surface area contributed by atoms with Crippen molar-refractivity contribution in [3.05, 3.63) is 91.0 Å². The van der Waals surface area contributed by atoms with Crippen molar-refractivity contribution < 1.29 is 0 Å². The zero-order chi connectivity index (χ0) is 15.9. The lowest BCUT2D eigenvalue weighted by Crippen LogP contribution is -1.99. The van der Waals surface area contributed by atoms with Gasteiger partial charge in [0.05, 0.1) is 17.1 Å². The lowest BCUT2D eigenvalue weighted by molar-refractivity contribution is 1.06. The molecule has 0 bridgehead atoms. The fourth-order valence-corrected chi connectivity index (χ4v) is 4.43. The number of rotatable bonds is 1. The molecule has 0 saturated heterocycles. The molecule has 2 heteroatoms. The maximum atomic E-state index is 2.39. The van der Waals surface area contributed by atoms with Gasteiger partial charge in [-0.25, -0.2) is 0 Å². The van der Waals surface area contributed by atoms with Crippen molar-refractivity contribution in [2.24, 2.45) is 0 Å². The predicted octanol–water partition coefficient (Wildman–Crippen LogP) is 6.28. The highest BCUT2D eigenvalue weighted by molar-refractivity contribution is 7.99. The molecule has 0 aliphatic carbocycles. The van der Waals surface area contributed by atoms with Gasteiger partial charge < -0.3 is 4.57 Å². The number of nitrogens with zero attached hydrogens (tertiary/aromatic N) is 1. The summed E-state index contributed by atoms with van der Waals surface area (Å²) in [7, 11) is 0. The van der Waals surface area contributed by atoms with Gasteiger partial charge in [-0.15, -0.1) is 0 Å². The molecule has 5 rings (SSSR count). The SMILES string of the molecule is c1ccc(-c2ccc3n2-c2ccccc2Sc2ccccc2-3)cc1. The van der Waals surface area contributed by atoms with Crippen LogP contribution in [0.4, 0.5) is 0 Å². The molecule has 1 nitrogen and oxygen atoms in total. The summed E-state index contributed by atoms with van der Waals surface area (Å²) in [5.74, 6) is 0. The van der Waals surface area contributed by atoms with Gasteiger partial charge in [-0.2, -0.15) is 0 Å². The van der Waals surface area contributed by atoms with E-state index in [9.17, 15) is 0 Å². The molecule has 4 aromatic rings. The van der Waals surface area contributed by atoms with E-state index in [2.05, 4.69) is 95.6 Å². The van der Waals surface area contributed by atoms with E-state index in [1.807, 2.05) is 11.8 Å². The fourth-order valence-electron chi connectivity index (χ4n) is 3.35. The average molecular weight is 325 g/mol. The molecule has 1 aliphatic rings. The van der Waals surface area contributed by atoms with Crippen molar-refractivity contribution in [2.75, 3.05) is 0 Å². The summed E-state index contributed by atoms with van der Waals surface area (Å²) in [4.78, 5) is 2.60. The van der Waals surface area contributed by atoms with E-state index in [1.54, 1.807) is 0 Å². The zero-order valence-electron chi connectivity index (χ0n) is 13.0. The van der Waals surface area contributed by atoms with E-state index >= 15 is 0 Å². The molecule has 1 aliphatic heterocycles. The molecular formula is C22H15NS. The van der Waals surface area contributed by atoms with Crippen molar-refractivity contribution in [3.8, 4) is 28.2 Å². The first-order chi connectivity index (χ1) is 11.9. The van der Waals surface area contributed by atoms with Crippen molar-refractivity contribution in [1.29, 1.82) is 0 Å². The number of benzene rings is 3.